The number of hydrogen-bond acceptors (Lipinski definition) is 3. The van der Waals surface area contributed by atoms with Crippen LogP contribution in [-0.2, 0) is 6.61 Å². The van der Waals surface area contributed by atoms with Crippen LogP contribution in [0.4, 0.5) is 0 Å². The Morgan fingerprint density at radius 3 is 2.87 bits per heavy atom. The van der Waals surface area contributed by atoms with E-state index in [1.54, 1.807) is 6.21 Å². The van der Waals surface area contributed by atoms with E-state index >= 15 is 0 Å². The standard InChI is InChI=1S/C17H16N4OS/c18-17(23)21-20-10-13-9-19-16-7-6-14(8-15(13)16)22-11-12-4-2-1-3-5-12/h1-10,19H,11H2,(H3,18,21,23). The molecule has 4 N–H and O–H groups in total. The first-order valence-corrected chi connectivity index (χ1v) is 7.49. The minimum Gasteiger partial charge on any atom is -0.489 e. The Bertz CT molecular complexity index is 842. The predicted octanol–water partition coefficient (Wildman–Crippen LogP) is 2.91. The monoisotopic (exact) mass is 324 g/mol. The zero-order valence-electron chi connectivity index (χ0n) is 12.3. The van der Waals surface area contributed by atoms with E-state index in [4.69, 9.17) is 22.7 Å². The summed E-state index contributed by atoms with van der Waals surface area (Å²) >= 11 is 4.71. The van der Waals surface area contributed by atoms with E-state index in [1.165, 1.54) is 0 Å². The van der Waals surface area contributed by atoms with Gasteiger partial charge in [0.2, 0.25) is 0 Å². The van der Waals surface area contributed by atoms with E-state index in [1.807, 2.05) is 54.7 Å². The molecule has 0 amide bonds. The first kappa shape index (κ1) is 15.1. The van der Waals surface area contributed by atoms with Crippen LogP contribution in [0.3, 0.4) is 0 Å². The van der Waals surface area contributed by atoms with Crippen molar-refractivity contribution in [3.63, 3.8) is 0 Å². The lowest BCUT2D eigenvalue weighted by molar-refractivity contribution is 0.306. The summed E-state index contributed by atoms with van der Waals surface area (Å²) in [6.07, 6.45) is 3.54. The molecule has 0 aliphatic heterocycles. The molecule has 6 heteroatoms. The molecule has 0 saturated heterocycles. The van der Waals surface area contributed by atoms with Gasteiger partial charge in [-0.2, -0.15) is 5.10 Å². The van der Waals surface area contributed by atoms with Gasteiger partial charge in [0.15, 0.2) is 5.11 Å². The number of H-pyrrole nitrogens is 1. The maximum atomic E-state index is 5.85. The van der Waals surface area contributed by atoms with E-state index in [0.29, 0.717) is 6.61 Å². The molecule has 23 heavy (non-hydrogen) atoms. The van der Waals surface area contributed by atoms with Gasteiger partial charge in [0.1, 0.15) is 12.4 Å². The highest BCUT2D eigenvalue weighted by molar-refractivity contribution is 7.80. The predicted molar refractivity (Wildman–Crippen MR) is 96.6 cm³/mol. The third-order valence-corrected chi connectivity index (χ3v) is 3.40. The summed E-state index contributed by atoms with van der Waals surface area (Å²) in [6, 6.07) is 16.0. The van der Waals surface area contributed by atoms with Crippen LogP contribution in [-0.4, -0.2) is 16.3 Å². The maximum Gasteiger partial charge on any atom is 0.184 e. The fourth-order valence-corrected chi connectivity index (χ4v) is 2.28. The van der Waals surface area contributed by atoms with Crippen LogP contribution in [0, 0.1) is 0 Å². The van der Waals surface area contributed by atoms with Crippen molar-refractivity contribution in [1.82, 2.24) is 10.4 Å². The lowest BCUT2D eigenvalue weighted by atomic mass is 10.2. The van der Waals surface area contributed by atoms with Crippen molar-refractivity contribution >= 4 is 34.4 Å². The summed E-state index contributed by atoms with van der Waals surface area (Å²) in [6.45, 7) is 0.531. The van der Waals surface area contributed by atoms with Gasteiger partial charge >= 0.3 is 0 Å². The lowest BCUT2D eigenvalue weighted by Gasteiger charge is -2.06. The molecule has 0 unspecified atom stereocenters. The Labute approximate surface area is 139 Å². The third-order valence-electron chi connectivity index (χ3n) is 3.31. The number of benzene rings is 2. The molecule has 0 aliphatic rings. The van der Waals surface area contributed by atoms with Gasteiger partial charge < -0.3 is 15.5 Å². The number of fused-ring (bicyclic) bond motifs is 1. The molecule has 3 aromatic rings. The summed E-state index contributed by atoms with van der Waals surface area (Å²) in [5.74, 6) is 0.804. The second-order valence-corrected chi connectivity index (χ2v) is 5.40. The minimum absolute atomic E-state index is 0.132. The van der Waals surface area contributed by atoms with E-state index in [9.17, 15) is 0 Å². The van der Waals surface area contributed by atoms with Crippen LogP contribution < -0.4 is 15.9 Å². The average Bonchev–Trinajstić information content (AvgIpc) is 2.96. The number of hydrogen-bond donors (Lipinski definition) is 3. The third kappa shape index (κ3) is 3.87. The molecule has 0 radical (unpaired) electrons. The maximum absolute atomic E-state index is 5.85. The average molecular weight is 324 g/mol. The Balaban J connectivity index is 1.77. The van der Waals surface area contributed by atoms with Gasteiger partial charge in [-0.1, -0.05) is 30.3 Å². The Kier molecular flexibility index (Phi) is 4.54. The Hall–Kier alpha value is -2.86. The molecule has 1 aromatic heterocycles. The van der Waals surface area contributed by atoms with Crippen molar-refractivity contribution < 1.29 is 4.74 Å². The van der Waals surface area contributed by atoms with Crippen LogP contribution in [0.5, 0.6) is 5.75 Å². The molecule has 116 valence electrons. The van der Waals surface area contributed by atoms with E-state index in [0.717, 1.165) is 27.8 Å². The summed E-state index contributed by atoms with van der Waals surface area (Å²) in [4.78, 5) is 3.19. The molecule has 0 saturated carbocycles. The summed E-state index contributed by atoms with van der Waals surface area (Å²) < 4.78 is 5.85. The van der Waals surface area contributed by atoms with Crippen LogP contribution >= 0.6 is 12.2 Å². The van der Waals surface area contributed by atoms with Crippen LogP contribution in [0.15, 0.2) is 59.8 Å². The second kappa shape index (κ2) is 6.93. The largest absolute Gasteiger partial charge is 0.489 e. The number of nitrogens with two attached hydrogens (primary N) is 1. The molecule has 1 heterocycles. The second-order valence-electron chi connectivity index (χ2n) is 4.96. The first-order valence-electron chi connectivity index (χ1n) is 7.09. The van der Waals surface area contributed by atoms with Gasteiger partial charge in [0.05, 0.1) is 6.21 Å². The summed E-state index contributed by atoms with van der Waals surface area (Å²) in [5.41, 5.74) is 10.9. The Morgan fingerprint density at radius 2 is 2.09 bits per heavy atom. The van der Waals surface area contributed by atoms with Crippen molar-refractivity contribution in [2.75, 3.05) is 0 Å². The highest BCUT2D eigenvalue weighted by Gasteiger charge is 2.04. The summed E-state index contributed by atoms with van der Waals surface area (Å²) in [5, 5.41) is 5.13. The molecule has 5 nitrogen and oxygen atoms in total. The zero-order chi connectivity index (χ0) is 16.1. The van der Waals surface area contributed by atoms with Crippen molar-refractivity contribution in [3.8, 4) is 5.75 Å². The van der Waals surface area contributed by atoms with E-state index < -0.39 is 0 Å². The molecule has 0 fully saturated rings. The van der Waals surface area contributed by atoms with Gasteiger partial charge in [-0.25, -0.2) is 0 Å². The first-order chi connectivity index (χ1) is 11.2. The lowest BCUT2D eigenvalue weighted by Crippen LogP contribution is -2.23. The minimum atomic E-state index is 0.132. The van der Waals surface area contributed by atoms with Gasteiger partial charge in [0.25, 0.3) is 0 Å². The van der Waals surface area contributed by atoms with Crippen LogP contribution in [0.1, 0.15) is 11.1 Å². The molecule has 0 spiro atoms. The molecular formula is C17H16N4OS. The molecule has 3 rings (SSSR count). The zero-order valence-corrected chi connectivity index (χ0v) is 13.1. The smallest absolute Gasteiger partial charge is 0.184 e. The van der Waals surface area contributed by atoms with Gasteiger partial charge in [-0.05, 0) is 36.0 Å². The van der Waals surface area contributed by atoms with Crippen molar-refractivity contribution in [2.45, 2.75) is 6.61 Å². The molecule has 0 aliphatic carbocycles. The van der Waals surface area contributed by atoms with E-state index in [-0.39, 0.29) is 5.11 Å². The quantitative estimate of drug-likeness (QED) is 0.383. The highest BCUT2D eigenvalue weighted by Crippen LogP contribution is 2.23. The van der Waals surface area contributed by atoms with Gasteiger partial charge in [-0.3, -0.25) is 5.43 Å². The number of ether oxygens (including phenoxy) is 1. The number of hydrazone groups is 1. The Morgan fingerprint density at radius 1 is 1.26 bits per heavy atom. The molecule has 2 aromatic carbocycles. The van der Waals surface area contributed by atoms with Gasteiger partial charge in [0, 0.05) is 22.7 Å². The fraction of sp³-hybridized carbons (Fsp3) is 0.0588. The van der Waals surface area contributed by atoms with Crippen LogP contribution in [0.2, 0.25) is 0 Å². The normalized spacial score (nSPS) is 11.0. The highest BCUT2D eigenvalue weighted by atomic mass is 32.1. The van der Waals surface area contributed by atoms with Crippen molar-refractivity contribution in [3.05, 3.63) is 65.9 Å². The van der Waals surface area contributed by atoms with Crippen LogP contribution in [0.25, 0.3) is 10.9 Å². The summed E-state index contributed by atoms with van der Waals surface area (Å²) in [7, 11) is 0. The fourth-order valence-electron chi connectivity index (χ4n) is 2.22. The number of nitrogens with one attached hydrogen (secondary N) is 2. The van der Waals surface area contributed by atoms with Crippen molar-refractivity contribution in [1.29, 1.82) is 0 Å². The number of aromatic amines is 1. The number of rotatable bonds is 5. The molecular weight excluding hydrogens is 308 g/mol. The topological polar surface area (TPSA) is 75.4 Å². The molecule has 0 atom stereocenters. The molecule has 0 bridgehead atoms. The number of aromatic nitrogens is 1. The van der Waals surface area contributed by atoms with Crippen molar-refractivity contribution in [2.24, 2.45) is 10.8 Å². The number of nitrogens with zero attached hydrogens (tertiary/aromatic N) is 1. The van der Waals surface area contributed by atoms with Gasteiger partial charge in [-0.15, -0.1) is 0 Å². The number of thiocarbonyl (C=S) groups is 1. The van der Waals surface area contributed by atoms with E-state index in [2.05, 4.69) is 15.5 Å². The SMILES string of the molecule is NC(=S)NN=Cc1c[nH]c2ccc(OCc3ccccc3)cc12.